The van der Waals surface area contributed by atoms with Crippen molar-refractivity contribution in [3.05, 3.63) is 11.8 Å². The van der Waals surface area contributed by atoms with Crippen LogP contribution in [0.25, 0.3) is 0 Å². The van der Waals surface area contributed by atoms with Crippen LogP contribution in [0, 0.1) is 12.8 Å². The number of nitrogens with two attached hydrogens (primary N) is 1. The van der Waals surface area contributed by atoms with Crippen LogP contribution in [0.3, 0.4) is 0 Å². The molecule has 0 radical (unpaired) electrons. The molecule has 1 amide bonds. The molecular formula is C12H19N5O. The molecule has 3 N–H and O–H groups in total. The maximum atomic E-state index is 11.2. The number of aromatic nitrogens is 2. The van der Waals surface area contributed by atoms with Gasteiger partial charge < -0.3 is 16.0 Å². The number of amides is 1. The van der Waals surface area contributed by atoms with E-state index in [9.17, 15) is 4.79 Å². The molecule has 2 rings (SSSR count). The summed E-state index contributed by atoms with van der Waals surface area (Å²) >= 11 is 0. The summed E-state index contributed by atoms with van der Waals surface area (Å²) in [6, 6.07) is 0. The Balaban J connectivity index is 2.18. The molecule has 0 aromatic carbocycles. The van der Waals surface area contributed by atoms with E-state index in [-0.39, 0.29) is 11.8 Å². The Morgan fingerprint density at radius 1 is 1.67 bits per heavy atom. The summed E-state index contributed by atoms with van der Waals surface area (Å²) < 4.78 is 0. The van der Waals surface area contributed by atoms with Crippen molar-refractivity contribution in [3.63, 3.8) is 0 Å². The zero-order valence-corrected chi connectivity index (χ0v) is 10.8. The van der Waals surface area contributed by atoms with Gasteiger partial charge in [-0.1, -0.05) is 0 Å². The molecule has 2 heterocycles. The standard InChI is InChI=1S/C12H19N5O/c1-3-14-12-15-6-8(2)11(16-12)17-5-4-9(7-17)10(13)18/h6,9H,3-5,7H2,1-2H3,(H2,13,18)(H,14,15,16). The number of nitrogens with one attached hydrogen (secondary N) is 1. The third kappa shape index (κ3) is 2.52. The van der Waals surface area contributed by atoms with Gasteiger partial charge in [0.2, 0.25) is 11.9 Å². The van der Waals surface area contributed by atoms with E-state index >= 15 is 0 Å². The smallest absolute Gasteiger partial charge is 0.224 e. The van der Waals surface area contributed by atoms with E-state index < -0.39 is 0 Å². The summed E-state index contributed by atoms with van der Waals surface area (Å²) in [5.74, 6) is 1.23. The number of carbonyl (C=O) groups is 1. The minimum atomic E-state index is -0.226. The van der Waals surface area contributed by atoms with E-state index in [4.69, 9.17) is 5.73 Å². The predicted molar refractivity (Wildman–Crippen MR) is 70.4 cm³/mol. The molecule has 1 saturated heterocycles. The second kappa shape index (κ2) is 5.20. The van der Waals surface area contributed by atoms with Gasteiger partial charge in [-0.2, -0.15) is 4.98 Å². The van der Waals surface area contributed by atoms with E-state index in [1.165, 1.54) is 0 Å². The highest BCUT2D eigenvalue weighted by molar-refractivity contribution is 5.78. The Morgan fingerprint density at radius 2 is 2.44 bits per heavy atom. The SMILES string of the molecule is CCNc1ncc(C)c(N2CCC(C(N)=O)C2)n1. The number of anilines is 2. The molecule has 98 valence electrons. The van der Waals surface area contributed by atoms with Crippen LogP contribution in [0.4, 0.5) is 11.8 Å². The minimum absolute atomic E-state index is 0.0676. The molecular weight excluding hydrogens is 230 g/mol. The van der Waals surface area contributed by atoms with Crippen molar-refractivity contribution in [3.8, 4) is 0 Å². The third-order valence-corrected chi connectivity index (χ3v) is 3.17. The lowest BCUT2D eigenvalue weighted by Gasteiger charge is -2.19. The van der Waals surface area contributed by atoms with Crippen LogP contribution in [0.1, 0.15) is 18.9 Å². The summed E-state index contributed by atoms with van der Waals surface area (Å²) in [6.07, 6.45) is 2.60. The molecule has 1 aromatic heterocycles. The van der Waals surface area contributed by atoms with Gasteiger partial charge >= 0.3 is 0 Å². The Labute approximate surface area is 107 Å². The molecule has 18 heavy (non-hydrogen) atoms. The van der Waals surface area contributed by atoms with Gasteiger partial charge in [0.25, 0.3) is 0 Å². The Morgan fingerprint density at radius 3 is 3.06 bits per heavy atom. The summed E-state index contributed by atoms with van der Waals surface area (Å²) in [5, 5.41) is 3.09. The average molecular weight is 249 g/mol. The van der Waals surface area contributed by atoms with E-state index in [0.717, 1.165) is 30.9 Å². The van der Waals surface area contributed by atoms with Crippen molar-refractivity contribution in [2.24, 2.45) is 11.7 Å². The second-order valence-electron chi connectivity index (χ2n) is 4.56. The van der Waals surface area contributed by atoms with Gasteiger partial charge in [-0.15, -0.1) is 0 Å². The van der Waals surface area contributed by atoms with Gasteiger partial charge in [-0.05, 0) is 20.3 Å². The lowest BCUT2D eigenvalue weighted by atomic mass is 10.1. The highest BCUT2D eigenvalue weighted by Crippen LogP contribution is 2.25. The highest BCUT2D eigenvalue weighted by Gasteiger charge is 2.28. The van der Waals surface area contributed by atoms with E-state index in [0.29, 0.717) is 12.5 Å². The van der Waals surface area contributed by atoms with Crippen molar-refractivity contribution < 1.29 is 4.79 Å². The van der Waals surface area contributed by atoms with Gasteiger partial charge in [0.05, 0.1) is 5.92 Å². The average Bonchev–Trinajstić information content (AvgIpc) is 2.81. The van der Waals surface area contributed by atoms with Gasteiger partial charge in [-0.3, -0.25) is 4.79 Å². The molecule has 0 spiro atoms. The normalized spacial score (nSPS) is 19.0. The minimum Gasteiger partial charge on any atom is -0.369 e. The summed E-state index contributed by atoms with van der Waals surface area (Å²) in [5.41, 5.74) is 6.36. The summed E-state index contributed by atoms with van der Waals surface area (Å²) in [7, 11) is 0. The molecule has 1 fully saturated rings. The van der Waals surface area contributed by atoms with Crippen molar-refractivity contribution in [2.75, 3.05) is 29.9 Å². The highest BCUT2D eigenvalue weighted by atomic mass is 16.1. The fourth-order valence-electron chi connectivity index (χ4n) is 2.18. The monoisotopic (exact) mass is 249 g/mol. The van der Waals surface area contributed by atoms with Gasteiger partial charge in [0.1, 0.15) is 5.82 Å². The molecule has 0 aliphatic carbocycles. The van der Waals surface area contributed by atoms with Crippen LogP contribution >= 0.6 is 0 Å². The molecule has 0 saturated carbocycles. The van der Waals surface area contributed by atoms with Gasteiger partial charge in [-0.25, -0.2) is 4.98 Å². The molecule has 0 bridgehead atoms. The van der Waals surface area contributed by atoms with Crippen molar-refractivity contribution >= 4 is 17.7 Å². The number of hydrogen-bond acceptors (Lipinski definition) is 5. The zero-order chi connectivity index (χ0) is 13.1. The van der Waals surface area contributed by atoms with Crippen molar-refractivity contribution in [1.29, 1.82) is 0 Å². The number of hydrogen-bond donors (Lipinski definition) is 2. The molecule has 1 aliphatic heterocycles. The first-order chi connectivity index (χ1) is 8.61. The quantitative estimate of drug-likeness (QED) is 0.813. The zero-order valence-electron chi connectivity index (χ0n) is 10.8. The topological polar surface area (TPSA) is 84.1 Å². The van der Waals surface area contributed by atoms with Crippen LogP contribution < -0.4 is 16.0 Å². The van der Waals surface area contributed by atoms with Crippen LogP contribution in [-0.2, 0) is 4.79 Å². The van der Waals surface area contributed by atoms with E-state index in [2.05, 4.69) is 20.2 Å². The molecule has 6 nitrogen and oxygen atoms in total. The molecule has 6 heteroatoms. The summed E-state index contributed by atoms with van der Waals surface area (Å²) in [6.45, 7) is 6.23. The van der Waals surface area contributed by atoms with E-state index in [1.807, 2.05) is 13.8 Å². The lowest BCUT2D eigenvalue weighted by molar-refractivity contribution is -0.121. The maximum absolute atomic E-state index is 11.2. The predicted octanol–water partition coefficient (Wildman–Crippen LogP) is 0.528. The maximum Gasteiger partial charge on any atom is 0.224 e. The summed E-state index contributed by atoms with van der Waals surface area (Å²) in [4.78, 5) is 22.0. The Hall–Kier alpha value is -1.85. The first kappa shape index (κ1) is 12.6. The number of rotatable bonds is 4. The van der Waals surface area contributed by atoms with E-state index in [1.54, 1.807) is 6.20 Å². The largest absolute Gasteiger partial charge is 0.369 e. The Bertz CT molecular complexity index is 448. The van der Waals surface area contributed by atoms with Crippen LogP contribution in [0.2, 0.25) is 0 Å². The van der Waals surface area contributed by atoms with Crippen LogP contribution in [0.5, 0.6) is 0 Å². The Kier molecular flexibility index (Phi) is 3.64. The van der Waals surface area contributed by atoms with Gasteiger partial charge in [0, 0.05) is 31.4 Å². The molecule has 1 atom stereocenters. The fourth-order valence-corrected chi connectivity index (χ4v) is 2.18. The lowest BCUT2D eigenvalue weighted by Crippen LogP contribution is -2.28. The number of aryl methyl sites for hydroxylation is 1. The third-order valence-electron chi connectivity index (χ3n) is 3.17. The van der Waals surface area contributed by atoms with Crippen molar-refractivity contribution in [2.45, 2.75) is 20.3 Å². The first-order valence-electron chi connectivity index (χ1n) is 6.23. The number of carbonyl (C=O) groups excluding carboxylic acids is 1. The number of nitrogens with zero attached hydrogens (tertiary/aromatic N) is 3. The number of primary amides is 1. The molecule has 1 unspecified atom stereocenters. The second-order valence-corrected chi connectivity index (χ2v) is 4.56. The fraction of sp³-hybridized carbons (Fsp3) is 0.583. The van der Waals surface area contributed by atoms with Gasteiger partial charge in [0.15, 0.2) is 0 Å². The van der Waals surface area contributed by atoms with Crippen LogP contribution in [-0.4, -0.2) is 35.5 Å². The van der Waals surface area contributed by atoms with Crippen molar-refractivity contribution in [1.82, 2.24) is 9.97 Å². The van der Waals surface area contributed by atoms with Crippen LogP contribution in [0.15, 0.2) is 6.20 Å². The molecule has 1 aromatic rings. The molecule has 1 aliphatic rings. The first-order valence-corrected chi connectivity index (χ1v) is 6.23.